The number of anilines is 1. The Balaban J connectivity index is 1.72. The summed E-state index contributed by atoms with van der Waals surface area (Å²) in [6, 6.07) is 3.47. The molecule has 0 aliphatic carbocycles. The first-order valence-electron chi connectivity index (χ1n) is 8.49. The predicted molar refractivity (Wildman–Crippen MR) is 90.0 cm³/mol. The molecule has 0 radical (unpaired) electrons. The van der Waals surface area contributed by atoms with E-state index in [1.807, 2.05) is 0 Å². The van der Waals surface area contributed by atoms with Gasteiger partial charge in [-0.05, 0) is 32.0 Å². The molecule has 2 fully saturated rings. The normalized spacial score (nSPS) is 25.8. The average molecular weight is 336 g/mol. The van der Waals surface area contributed by atoms with Gasteiger partial charge in [0.1, 0.15) is 5.82 Å². The van der Waals surface area contributed by atoms with Crippen LogP contribution in [0.4, 0.5) is 10.2 Å². The molecule has 1 aromatic rings. The fourth-order valence-corrected chi connectivity index (χ4v) is 3.33. The fraction of sp³-hybridized carbons (Fsp3) is 0.647. The van der Waals surface area contributed by atoms with Crippen molar-refractivity contribution < 1.29 is 14.3 Å². The highest BCUT2D eigenvalue weighted by molar-refractivity contribution is 5.95. The summed E-state index contributed by atoms with van der Waals surface area (Å²) in [6.45, 7) is 3.62. The van der Waals surface area contributed by atoms with Crippen LogP contribution >= 0.6 is 0 Å². The Kier molecular flexibility index (Phi) is 5.01. The number of hydrogen-bond acceptors (Lipinski definition) is 5. The van der Waals surface area contributed by atoms with Crippen molar-refractivity contribution in [3.8, 4) is 0 Å². The van der Waals surface area contributed by atoms with Crippen LogP contribution in [0.3, 0.4) is 0 Å². The molecular weight excluding hydrogens is 311 g/mol. The van der Waals surface area contributed by atoms with Gasteiger partial charge in [0.05, 0.1) is 13.2 Å². The van der Waals surface area contributed by atoms with Crippen molar-refractivity contribution in [2.75, 3.05) is 57.8 Å². The van der Waals surface area contributed by atoms with Crippen LogP contribution in [-0.4, -0.2) is 84.4 Å². The monoisotopic (exact) mass is 336 g/mol. The molecule has 24 heavy (non-hydrogen) atoms. The van der Waals surface area contributed by atoms with E-state index < -0.39 is 12.3 Å². The molecule has 1 atom stereocenters. The topological polar surface area (TPSA) is 59.9 Å². The van der Waals surface area contributed by atoms with E-state index in [4.69, 9.17) is 0 Å². The quantitative estimate of drug-likeness (QED) is 0.884. The molecule has 1 N–H and O–H groups in total. The summed E-state index contributed by atoms with van der Waals surface area (Å²) < 4.78 is 14.4. The number of hydrogen-bond donors (Lipinski definition) is 1. The number of aliphatic hydroxyl groups is 1. The van der Waals surface area contributed by atoms with Crippen LogP contribution in [0.1, 0.15) is 23.2 Å². The molecule has 0 spiro atoms. The second kappa shape index (κ2) is 7.03. The zero-order valence-electron chi connectivity index (χ0n) is 14.1. The van der Waals surface area contributed by atoms with Gasteiger partial charge in [0.25, 0.3) is 5.91 Å². The van der Waals surface area contributed by atoms with E-state index in [0.29, 0.717) is 24.9 Å². The van der Waals surface area contributed by atoms with E-state index in [0.717, 1.165) is 32.0 Å². The highest BCUT2D eigenvalue weighted by Crippen LogP contribution is 2.26. The lowest BCUT2D eigenvalue weighted by Gasteiger charge is -2.36. The van der Waals surface area contributed by atoms with Crippen LogP contribution in [0.5, 0.6) is 0 Å². The molecule has 1 aromatic heterocycles. The largest absolute Gasteiger partial charge is 0.393 e. The SMILES string of the molecule is CN1CCN(c2cc(C(=O)N3CCCC(F)(CO)C3)ccn2)CC1. The average Bonchev–Trinajstić information content (AvgIpc) is 2.62. The maximum atomic E-state index is 14.4. The predicted octanol–water partition coefficient (Wildman–Crippen LogP) is 0.770. The number of aliphatic hydroxyl groups excluding tert-OH is 1. The number of aromatic nitrogens is 1. The lowest BCUT2D eigenvalue weighted by atomic mass is 9.95. The first-order chi connectivity index (χ1) is 11.5. The number of piperazine rings is 1. The smallest absolute Gasteiger partial charge is 0.254 e. The maximum Gasteiger partial charge on any atom is 0.254 e. The third-order valence-corrected chi connectivity index (χ3v) is 4.92. The van der Waals surface area contributed by atoms with Crippen LogP contribution in [0.2, 0.25) is 0 Å². The number of halogens is 1. The summed E-state index contributed by atoms with van der Waals surface area (Å²) in [4.78, 5) is 23.0. The minimum absolute atomic E-state index is 0.0471. The Hall–Kier alpha value is -1.73. The molecule has 1 unspecified atom stereocenters. The molecule has 0 saturated carbocycles. The first kappa shape index (κ1) is 17.1. The Morgan fingerprint density at radius 3 is 2.79 bits per heavy atom. The van der Waals surface area contributed by atoms with E-state index in [-0.39, 0.29) is 12.5 Å². The van der Waals surface area contributed by atoms with E-state index in [9.17, 15) is 14.3 Å². The molecule has 132 valence electrons. The van der Waals surface area contributed by atoms with Gasteiger partial charge in [-0.25, -0.2) is 9.37 Å². The maximum absolute atomic E-state index is 14.4. The van der Waals surface area contributed by atoms with E-state index >= 15 is 0 Å². The Bertz CT molecular complexity index is 592. The molecule has 3 heterocycles. The fourth-order valence-electron chi connectivity index (χ4n) is 3.33. The minimum Gasteiger partial charge on any atom is -0.393 e. The van der Waals surface area contributed by atoms with Crippen LogP contribution in [0, 0.1) is 0 Å². The standard InChI is InChI=1S/C17H25FN4O2/c1-20-7-9-21(10-8-20)15-11-14(3-5-19-15)16(24)22-6-2-4-17(18,12-22)13-23/h3,5,11,23H,2,4,6-10,12-13H2,1H3. The first-order valence-corrected chi connectivity index (χ1v) is 8.49. The highest BCUT2D eigenvalue weighted by Gasteiger charge is 2.37. The lowest BCUT2D eigenvalue weighted by Crippen LogP contribution is -2.49. The Morgan fingerprint density at radius 2 is 2.08 bits per heavy atom. The molecule has 6 nitrogen and oxygen atoms in total. The number of carbonyl (C=O) groups excluding carboxylic acids is 1. The second-order valence-corrected chi connectivity index (χ2v) is 6.83. The number of likely N-dealkylation sites (tertiary alicyclic amines) is 1. The van der Waals surface area contributed by atoms with Crippen molar-refractivity contribution in [3.05, 3.63) is 23.9 Å². The van der Waals surface area contributed by atoms with Crippen LogP contribution in [-0.2, 0) is 0 Å². The van der Waals surface area contributed by atoms with Gasteiger partial charge < -0.3 is 19.8 Å². The summed E-state index contributed by atoms with van der Waals surface area (Å²) in [7, 11) is 2.09. The van der Waals surface area contributed by atoms with Crippen molar-refractivity contribution in [3.63, 3.8) is 0 Å². The Labute approximate surface area is 141 Å². The van der Waals surface area contributed by atoms with Crippen molar-refractivity contribution in [2.45, 2.75) is 18.5 Å². The van der Waals surface area contributed by atoms with Gasteiger partial charge in [0.2, 0.25) is 0 Å². The number of piperidine rings is 1. The molecule has 0 aromatic carbocycles. The number of rotatable bonds is 3. The Morgan fingerprint density at radius 1 is 1.33 bits per heavy atom. The zero-order chi connectivity index (χ0) is 17.2. The molecule has 1 amide bonds. The van der Waals surface area contributed by atoms with E-state index in [1.165, 1.54) is 4.90 Å². The number of nitrogens with zero attached hydrogens (tertiary/aromatic N) is 4. The summed E-state index contributed by atoms with van der Waals surface area (Å²) in [5.74, 6) is 0.600. The molecule has 7 heteroatoms. The van der Waals surface area contributed by atoms with Gasteiger partial charge in [-0.3, -0.25) is 4.79 Å². The van der Waals surface area contributed by atoms with Gasteiger partial charge in [-0.15, -0.1) is 0 Å². The number of likely N-dealkylation sites (N-methyl/N-ethyl adjacent to an activating group) is 1. The third kappa shape index (κ3) is 3.67. The van der Waals surface area contributed by atoms with Crippen molar-refractivity contribution in [1.29, 1.82) is 0 Å². The number of alkyl halides is 1. The molecular formula is C17H25FN4O2. The van der Waals surface area contributed by atoms with Crippen LogP contribution in [0.15, 0.2) is 18.3 Å². The molecule has 2 aliphatic heterocycles. The molecule has 2 saturated heterocycles. The van der Waals surface area contributed by atoms with Gasteiger partial charge in [-0.2, -0.15) is 0 Å². The van der Waals surface area contributed by atoms with Gasteiger partial charge >= 0.3 is 0 Å². The third-order valence-electron chi connectivity index (χ3n) is 4.92. The minimum atomic E-state index is -1.68. The van der Waals surface area contributed by atoms with Gasteiger partial charge in [0, 0.05) is 44.5 Å². The second-order valence-electron chi connectivity index (χ2n) is 6.83. The lowest BCUT2D eigenvalue weighted by molar-refractivity contribution is 0.00174. The van der Waals surface area contributed by atoms with Crippen molar-refractivity contribution in [2.24, 2.45) is 0 Å². The summed E-state index contributed by atoms with van der Waals surface area (Å²) in [5.41, 5.74) is -1.15. The molecule has 0 bridgehead atoms. The zero-order valence-corrected chi connectivity index (χ0v) is 14.1. The van der Waals surface area contributed by atoms with Crippen molar-refractivity contribution >= 4 is 11.7 Å². The number of pyridine rings is 1. The highest BCUT2D eigenvalue weighted by atomic mass is 19.1. The van der Waals surface area contributed by atoms with Gasteiger partial charge in [0.15, 0.2) is 5.67 Å². The summed E-state index contributed by atoms with van der Waals surface area (Å²) in [5, 5.41) is 9.22. The molecule has 3 rings (SSSR count). The van der Waals surface area contributed by atoms with Crippen LogP contribution < -0.4 is 4.90 Å². The van der Waals surface area contributed by atoms with E-state index in [2.05, 4.69) is 21.8 Å². The number of amides is 1. The number of carbonyl (C=O) groups is 1. The summed E-state index contributed by atoms with van der Waals surface area (Å²) >= 11 is 0. The summed E-state index contributed by atoms with van der Waals surface area (Å²) in [6.07, 6.45) is 2.51. The van der Waals surface area contributed by atoms with E-state index in [1.54, 1.807) is 18.3 Å². The van der Waals surface area contributed by atoms with Gasteiger partial charge in [-0.1, -0.05) is 0 Å². The van der Waals surface area contributed by atoms with Crippen molar-refractivity contribution in [1.82, 2.24) is 14.8 Å². The van der Waals surface area contributed by atoms with Crippen LogP contribution in [0.25, 0.3) is 0 Å². The molecule has 2 aliphatic rings.